The average Bonchev–Trinajstić information content (AvgIpc) is 2.47. The van der Waals surface area contributed by atoms with Gasteiger partial charge in [0.1, 0.15) is 0 Å². The highest BCUT2D eigenvalue weighted by Crippen LogP contribution is 2.21. The zero-order valence-electron chi connectivity index (χ0n) is 11.2. The summed E-state index contributed by atoms with van der Waals surface area (Å²) in [6, 6.07) is 16.1. The number of benzene rings is 2. The number of aryl methyl sites for hydroxylation is 1. The zero-order chi connectivity index (χ0) is 13.9. The fraction of sp³-hybridized carbons (Fsp3) is 0.235. The fourth-order valence-electron chi connectivity index (χ4n) is 2.75. The van der Waals surface area contributed by atoms with Gasteiger partial charge in [-0.1, -0.05) is 36.4 Å². The number of hydrogen-bond acceptors (Lipinski definition) is 2. The van der Waals surface area contributed by atoms with Gasteiger partial charge >= 0.3 is 0 Å². The molecule has 0 heterocycles. The quantitative estimate of drug-likeness (QED) is 0.814. The number of thiol groups is 1. The predicted octanol–water partition coefficient (Wildman–Crippen LogP) is 3.26. The van der Waals surface area contributed by atoms with Crippen molar-refractivity contribution < 1.29 is 4.79 Å². The summed E-state index contributed by atoms with van der Waals surface area (Å²) < 4.78 is 0. The van der Waals surface area contributed by atoms with Gasteiger partial charge in [-0.15, -0.1) is 12.6 Å². The van der Waals surface area contributed by atoms with Gasteiger partial charge in [0.2, 0.25) is 0 Å². The van der Waals surface area contributed by atoms with Crippen LogP contribution in [0.5, 0.6) is 0 Å². The Morgan fingerprint density at radius 2 is 1.75 bits per heavy atom. The summed E-state index contributed by atoms with van der Waals surface area (Å²) in [4.78, 5) is 13.0. The summed E-state index contributed by atoms with van der Waals surface area (Å²) in [5.41, 5.74) is 3.41. The summed E-state index contributed by atoms with van der Waals surface area (Å²) in [7, 11) is 0. The average molecular weight is 283 g/mol. The Bertz CT molecular complexity index is 638. The van der Waals surface area contributed by atoms with E-state index in [4.69, 9.17) is 0 Å². The fourth-order valence-corrected chi connectivity index (χ4v) is 3.01. The number of carbonyl (C=O) groups excluding carboxylic acids is 1. The normalized spacial score (nSPS) is 17.4. The Balaban J connectivity index is 1.71. The van der Waals surface area contributed by atoms with E-state index in [1.165, 1.54) is 11.1 Å². The molecular weight excluding hydrogens is 266 g/mol. The molecule has 3 heteroatoms. The molecule has 1 atom stereocenters. The van der Waals surface area contributed by atoms with Gasteiger partial charge in [-0.2, -0.15) is 0 Å². The van der Waals surface area contributed by atoms with E-state index in [-0.39, 0.29) is 11.9 Å². The maximum atomic E-state index is 12.3. The van der Waals surface area contributed by atoms with Crippen LogP contribution in [0, 0.1) is 0 Å². The van der Waals surface area contributed by atoms with Crippen LogP contribution >= 0.6 is 12.6 Å². The monoisotopic (exact) mass is 283 g/mol. The third kappa shape index (κ3) is 2.73. The molecule has 1 aliphatic rings. The molecule has 0 bridgehead atoms. The van der Waals surface area contributed by atoms with Crippen molar-refractivity contribution in [2.24, 2.45) is 0 Å². The van der Waals surface area contributed by atoms with Crippen LogP contribution in [0.15, 0.2) is 53.4 Å². The molecule has 1 aliphatic carbocycles. The molecule has 0 saturated carbocycles. The molecule has 0 aliphatic heterocycles. The van der Waals surface area contributed by atoms with E-state index < -0.39 is 0 Å². The van der Waals surface area contributed by atoms with Gasteiger partial charge < -0.3 is 5.32 Å². The van der Waals surface area contributed by atoms with Crippen LogP contribution in [0.3, 0.4) is 0 Å². The standard InChI is InChI=1S/C17H17NOS/c19-17(15-7-3-4-8-16(15)20)18-14-10-9-12-5-1-2-6-13(12)11-14/h1-8,14,20H,9-11H2,(H,18,19). The Hall–Kier alpha value is -1.74. The number of amides is 1. The summed E-state index contributed by atoms with van der Waals surface area (Å²) in [6.45, 7) is 0. The highest BCUT2D eigenvalue weighted by Gasteiger charge is 2.20. The highest BCUT2D eigenvalue weighted by atomic mass is 32.1. The lowest BCUT2D eigenvalue weighted by molar-refractivity contribution is 0.0931. The lowest BCUT2D eigenvalue weighted by Gasteiger charge is -2.25. The van der Waals surface area contributed by atoms with Crippen molar-refractivity contribution >= 4 is 18.5 Å². The van der Waals surface area contributed by atoms with Crippen molar-refractivity contribution in [3.05, 3.63) is 65.2 Å². The molecule has 0 radical (unpaired) electrons. The smallest absolute Gasteiger partial charge is 0.252 e. The van der Waals surface area contributed by atoms with Gasteiger partial charge in [-0.3, -0.25) is 4.79 Å². The Morgan fingerprint density at radius 3 is 2.55 bits per heavy atom. The van der Waals surface area contributed by atoms with Gasteiger partial charge in [-0.25, -0.2) is 0 Å². The number of carbonyl (C=O) groups is 1. The molecule has 0 spiro atoms. The largest absolute Gasteiger partial charge is 0.349 e. The number of nitrogens with one attached hydrogen (secondary N) is 1. The lowest BCUT2D eigenvalue weighted by Crippen LogP contribution is -2.39. The third-order valence-electron chi connectivity index (χ3n) is 3.83. The Morgan fingerprint density at radius 1 is 1.05 bits per heavy atom. The van der Waals surface area contributed by atoms with Crippen LogP contribution in [0.4, 0.5) is 0 Å². The first-order valence-corrected chi connectivity index (χ1v) is 7.34. The van der Waals surface area contributed by atoms with Crippen molar-refractivity contribution in [1.29, 1.82) is 0 Å². The van der Waals surface area contributed by atoms with E-state index in [0.29, 0.717) is 5.56 Å². The maximum Gasteiger partial charge on any atom is 0.252 e. The molecule has 0 saturated heterocycles. The van der Waals surface area contributed by atoms with E-state index in [1.54, 1.807) is 0 Å². The Labute approximate surface area is 124 Å². The van der Waals surface area contributed by atoms with Gasteiger partial charge in [0.15, 0.2) is 0 Å². The van der Waals surface area contributed by atoms with Crippen LogP contribution < -0.4 is 5.32 Å². The van der Waals surface area contributed by atoms with E-state index >= 15 is 0 Å². The van der Waals surface area contributed by atoms with E-state index in [1.807, 2.05) is 24.3 Å². The van der Waals surface area contributed by atoms with Crippen molar-refractivity contribution in [2.45, 2.75) is 30.2 Å². The van der Waals surface area contributed by atoms with Crippen molar-refractivity contribution in [3.8, 4) is 0 Å². The first-order valence-electron chi connectivity index (χ1n) is 6.89. The van der Waals surface area contributed by atoms with Crippen LogP contribution in [-0.2, 0) is 12.8 Å². The predicted molar refractivity (Wildman–Crippen MR) is 83.4 cm³/mol. The molecule has 2 nitrogen and oxygen atoms in total. The first-order chi connectivity index (χ1) is 9.74. The molecule has 3 rings (SSSR count). The van der Waals surface area contributed by atoms with Crippen LogP contribution in [-0.4, -0.2) is 11.9 Å². The molecule has 0 fully saturated rings. The minimum absolute atomic E-state index is 0.0278. The number of rotatable bonds is 2. The molecule has 1 N–H and O–H groups in total. The van der Waals surface area contributed by atoms with Gasteiger partial charge in [-0.05, 0) is 42.5 Å². The number of hydrogen-bond donors (Lipinski definition) is 2. The highest BCUT2D eigenvalue weighted by molar-refractivity contribution is 7.80. The SMILES string of the molecule is O=C(NC1CCc2ccccc2C1)c1ccccc1S. The van der Waals surface area contributed by atoms with Crippen LogP contribution in [0.1, 0.15) is 27.9 Å². The molecule has 2 aromatic carbocycles. The van der Waals surface area contributed by atoms with Gasteiger partial charge in [0.25, 0.3) is 5.91 Å². The van der Waals surface area contributed by atoms with Crippen molar-refractivity contribution in [3.63, 3.8) is 0 Å². The molecule has 1 amide bonds. The third-order valence-corrected chi connectivity index (χ3v) is 4.22. The van der Waals surface area contributed by atoms with Crippen LogP contribution in [0.2, 0.25) is 0 Å². The van der Waals surface area contributed by atoms with E-state index in [9.17, 15) is 4.79 Å². The minimum Gasteiger partial charge on any atom is -0.349 e. The second kappa shape index (κ2) is 5.71. The second-order valence-corrected chi connectivity index (χ2v) is 5.68. The summed E-state index contributed by atoms with van der Waals surface area (Å²) in [5, 5.41) is 3.13. The first kappa shape index (κ1) is 13.3. The second-order valence-electron chi connectivity index (χ2n) is 5.20. The van der Waals surface area contributed by atoms with E-state index in [0.717, 1.165) is 24.2 Å². The minimum atomic E-state index is -0.0278. The molecule has 1 unspecified atom stereocenters. The molecule has 0 aromatic heterocycles. The van der Waals surface area contributed by atoms with Crippen LogP contribution in [0.25, 0.3) is 0 Å². The molecule has 102 valence electrons. The zero-order valence-corrected chi connectivity index (χ0v) is 12.1. The lowest BCUT2D eigenvalue weighted by atomic mass is 9.88. The summed E-state index contributed by atoms with van der Waals surface area (Å²) >= 11 is 4.34. The van der Waals surface area contributed by atoms with Gasteiger partial charge in [0, 0.05) is 10.9 Å². The maximum absolute atomic E-state index is 12.3. The molecular formula is C17H17NOS. The van der Waals surface area contributed by atoms with E-state index in [2.05, 4.69) is 42.2 Å². The van der Waals surface area contributed by atoms with Gasteiger partial charge in [0.05, 0.1) is 5.56 Å². The molecule has 2 aromatic rings. The topological polar surface area (TPSA) is 29.1 Å². The van der Waals surface area contributed by atoms with Crippen molar-refractivity contribution in [1.82, 2.24) is 5.32 Å². The summed E-state index contributed by atoms with van der Waals surface area (Å²) in [5.74, 6) is -0.0278. The molecule has 20 heavy (non-hydrogen) atoms. The Kier molecular flexibility index (Phi) is 3.79. The van der Waals surface area contributed by atoms with Crippen molar-refractivity contribution in [2.75, 3.05) is 0 Å². The number of fused-ring (bicyclic) bond motifs is 1. The summed E-state index contributed by atoms with van der Waals surface area (Å²) in [6.07, 6.45) is 2.94.